The zero-order valence-electron chi connectivity index (χ0n) is 15.7. The van der Waals surface area contributed by atoms with Crippen molar-refractivity contribution in [2.24, 2.45) is 0 Å². The number of aryl methyl sites for hydroxylation is 1. The molecule has 6 nitrogen and oxygen atoms in total. The number of rotatable bonds is 5. The van der Waals surface area contributed by atoms with Crippen LogP contribution in [0.25, 0.3) is 0 Å². The smallest absolute Gasteiger partial charge is 0.338 e. The molecule has 0 saturated carbocycles. The number of carbonyl (C=O) groups excluding carboxylic acids is 3. The lowest BCUT2D eigenvalue weighted by Gasteiger charge is -2.16. The number of para-hydroxylation sites is 1. The molecule has 0 aliphatic carbocycles. The van der Waals surface area contributed by atoms with Crippen molar-refractivity contribution in [1.82, 2.24) is 0 Å². The van der Waals surface area contributed by atoms with E-state index >= 15 is 0 Å². The van der Waals surface area contributed by atoms with Crippen LogP contribution in [0.5, 0.6) is 0 Å². The average molecular weight is 399 g/mol. The van der Waals surface area contributed by atoms with Crippen molar-refractivity contribution in [3.05, 3.63) is 70.4 Å². The fraction of sp³-hybridized carbons (Fsp3) is 0.190. The summed E-state index contributed by atoms with van der Waals surface area (Å²) in [6.45, 7) is 5.35. The molecule has 1 aliphatic heterocycles. The lowest BCUT2D eigenvalue weighted by atomic mass is 10.2. The maximum absolute atomic E-state index is 12.9. The molecule has 0 fully saturated rings. The van der Waals surface area contributed by atoms with E-state index in [9.17, 15) is 14.4 Å². The Balaban J connectivity index is 1.89. The second-order valence-corrected chi connectivity index (χ2v) is 6.96. The van der Waals surface area contributed by atoms with E-state index in [1.165, 1.54) is 6.07 Å². The number of nitrogens with zero attached hydrogens (tertiary/aromatic N) is 1. The molecule has 0 saturated heterocycles. The van der Waals surface area contributed by atoms with Crippen molar-refractivity contribution in [2.45, 2.75) is 26.9 Å². The van der Waals surface area contributed by atoms with Gasteiger partial charge >= 0.3 is 5.97 Å². The molecule has 0 bridgehead atoms. The molecule has 144 valence electrons. The highest BCUT2D eigenvalue weighted by Gasteiger charge is 2.39. The Morgan fingerprint density at radius 2 is 1.79 bits per heavy atom. The summed E-state index contributed by atoms with van der Waals surface area (Å²) in [5.41, 5.74) is 2.05. The molecule has 1 aliphatic rings. The summed E-state index contributed by atoms with van der Waals surface area (Å²) in [4.78, 5) is 38.6. The summed E-state index contributed by atoms with van der Waals surface area (Å²) in [5, 5.41) is 2.74. The van der Waals surface area contributed by atoms with E-state index in [-0.39, 0.29) is 28.1 Å². The Morgan fingerprint density at radius 1 is 1.07 bits per heavy atom. The number of ether oxygens (including phenoxy) is 1. The zero-order chi connectivity index (χ0) is 20.4. The first-order chi connectivity index (χ1) is 13.3. The molecule has 0 atom stereocenters. The van der Waals surface area contributed by atoms with Crippen molar-refractivity contribution in [1.29, 1.82) is 0 Å². The van der Waals surface area contributed by atoms with Crippen LogP contribution in [-0.4, -0.2) is 23.9 Å². The number of nitrogens with one attached hydrogen (secondary N) is 1. The molecule has 1 heterocycles. The Labute approximate surface area is 167 Å². The highest BCUT2D eigenvalue weighted by Crippen LogP contribution is 2.31. The molecule has 2 amide bonds. The van der Waals surface area contributed by atoms with E-state index in [1.54, 1.807) is 38.1 Å². The zero-order valence-corrected chi connectivity index (χ0v) is 16.4. The van der Waals surface area contributed by atoms with Gasteiger partial charge < -0.3 is 10.1 Å². The first-order valence-corrected chi connectivity index (χ1v) is 9.09. The van der Waals surface area contributed by atoms with Crippen LogP contribution in [-0.2, 0) is 14.3 Å². The van der Waals surface area contributed by atoms with E-state index < -0.39 is 17.8 Å². The molecule has 0 spiro atoms. The number of imide groups is 1. The minimum atomic E-state index is -0.655. The Hall–Kier alpha value is -3.12. The number of carbonyl (C=O) groups is 3. The normalized spacial score (nSPS) is 14.1. The van der Waals surface area contributed by atoms with Crippen LogP contribution < -0.4 is 10.2 Å². The van der Waals surface area contributed by atoms with Crippen LogP contribution >= 0.6 is 11.6 Å². The summed E-state index contributed by atoms with van der Waals surface area (Å²) in [7, 11) is 0. The third-order valence-corrected chi connectivity index (χ3v) is 4.47. The minimum Gasteiger partial charge on any atom is -0.459 e. The number of hydrogen-bond acceptors (Lipinski definition) is 5. The predicted octanol–water partition coefficient (Wildman–Crippen LogP) is 4.00. The SMILES string of the molecule is Cc1ccccc1NC1=C(Cl)C(=O)N(c2cccc(C(=O)OC(C)C)c2)C1=O. The third kappa shape index (κ3) is 3.77. The van der Waals surface area contributed by atoms with Gasteiger partial charge in [0.25, 0.3) is 11.8 Å². The van der Waals surface area contributed by atoms with Gasteiger partial charge in [-0.25, -0.2) is 9.69 Å². The van der Waals surface area contributed by atoms with Crippen molar-refractivity contribution in [3.8, 4) is 0 Å². The van der Waals surface area contributed by atoms with Gasteiger partial charge in [0.15, 0.2) is 0 Å². The standard InChI is InChI=1S/C21H19ClN2O4/c1-12(2)28-21(27)14-8-6-9-15(11-14)24-19(25)17(22)18(20(24)26)23-16-10-5-4-7-13(16)3/h4-12,23H,1-3H3. The van der Waals surface area contributed by atoms with Crippen LogP contribution in [0.2, 0.25) is 0 Å². The van der Waals surface area contributed by atoms with Crippen molar-refractivity contribution in [2.75, 3.05) is 10.2 Å². The van der Waals surface area contributed by atoms with E-state index in [4.69, 9.17) is 16.3 Å². The Morgan fingerprint density at radius 3 is 2.46 bits per heavy atom. The maximum atomic E-state index is 12.9. The molecular weight excluding hydrogens is 380 g/mol. The largest absolute Gasteiger partial charge is 0.459 e. The van der Waals surface area contributed by atoms with Gasteiger partial charge in [-0.05, 0) is 50.6 Å². The molecule has 2 aromatic carbocycles. The summed E-state index contributed by atoms with van der Waals surface area (Å²) < 4.78 is 5.17. The summed E-state index contributed by atoms with van der Waals surface area (Å²) in [6.07, 6.45) is -0.285. The van der Waals surface area contributed by atoms with Gasteiger partial charge in [-0.15, -0.1) is 0 Å². The molecule has 3 rings (SSSR count). The van der Waals surface area contributed by atoms with Crippen LogP contribution in [0.1, 0.15) is 29.8 Å². The number of benzene rings is 2. The number of esters is 1. The molecule has 0 radical (unpaired) electrons. The van der Waals surface area contributed by atoms with Gasteiger partial charge in [-0.3, -0.25) is 9.59 Å². The molecule has 1 N–H and O–H groups in total. The molecule has 0 unspecified atom stereocenters. The van der Waals surface area contributed by atoms with Gasteiger partial charge in [-0.2, -0.15) is 0 Å². The lowest BCUT2D eigenvalue weighted by Crippen LogP contribution is -2.32. The van der Waals surface area contributed by atoms with Gasteiger partial charge in [0.05, 0.1) is 17.4 Å². The fourth-order valence-corrected chi connectivity index (χ4v) is 2.96. The number of halogens is 1. The van der Waals surface area contributed by atoms with E-state index in [1.807, 2.05) is 25.1 Å². The van der Waals surface area contributed by atoms with Gasteiger partial charge in [-0.1, -0.05) is 35.9 Å². The topological polar surface area (TPSA) is 75.7 Å². The van der Waals surface area contributed by atoms with Gasteiger partial charge in [0.1, 0.15) is 10.7 Å². The van der Waals surface area contributed by atoms with Crippen LogP contribution in [0.3, 0.4) is 0 Å². The average Bonchev–Trinajstić information content (AvgIpc) is 2.86. The number of hydrogen-bond donors (Lipinski definition) is 1. The lowest BCUT2D eigenvalue weighted by molar-refractivity contribution is -0.120. The van der Waals surface area contributed by atoms with E-state index in [0.29, 0.717) is 5.69 Å². The first-order valence-electron chi connectivity index (χ1n) is 8.72. The van der Waals surface area contributed by atoms with E-state index in [0.717, 1.165) is 10.5 Å². The molecule has 28 heavy (non-hydrogen) atoms. The predicted molar refractivity (Wildman–Crippen MR) is 107 cm³/mol. The fourth-order valence-electron chi connectivity index (χ4n) is 2.75. The number of anilines is 2. The van der Waals surface area contributed by atoms with E-state index in [2.05, 4.69) is 5.32 Å². The maximum Gasteiger partial charge on any atom is 0.338 e. The Bertz CT molecular complexity index is 997. The highest BCUT2D eigenvalue weighted by molar-refractivity contribution is 6.53. The quantitative estimate of drug-likeness (QED) is 0.608. The first kappa shape index (κ1) is 19.6. The second kappa shape index (κ2) is 7.86. The summed E-state index contributed by atoms with van der Waals surface area (Å²) in [6, 6.07) is 13.5. The number of amides is 2. The van der Waals surface area contributed by atoms with Gasteiger partial charge in [0, 0.05) is 5.69 Å². The minimum absolute atomic E-state index is 0.00359. The second-order valence-electron chi connectivity index (χ2n) is 6.58. The molecule has 2 aromatic rings. The van der Waals surface area contributed by atoms with Crippen LogP contribution in [0.15, 0.2) is 59.3 Å². The molecular formula is C21H19ClN2O4. The van der Waals surface area contributed by atoms with Crippen LogP contribution in [0.4, 0.5) is 11.4 Å². The van der Waals surface area contributed by atoms with Gasteiger partial charge in [0.2, 0.25) is 0 Å². The van der Waals surface area contributed by atoms with Crippen LogP contribution in [0, 0.1) is 6.92 Å². The summed E-state index contributed by atoms with van der Waals surface area (Å²) >= 11 is 6.16. The highest BCUT2D eigenvalue weighted by atomic mass is 35.5. The monoisotopic (exact) mass is 398 g/mol. The van der Waals surface area contributed by atoms with Crippen molar-refractivity contribution >= 4 is 40.8 Å². The third-order valence-electron chi connectivity index (χ3n) is 4.11. The summed E-state index contributed by atoms with van der Waals surface area (Å²) in [5.74, 6) is -1.78. The molecule has 7 heteroatoms. The van der Waals surface area contributed by atoms with Crippen molar-refractivity contribution in [3.63, 3.8) is 0 Å². The Kier molecular flexibility index (Phi) is 5.51. The van der Waals surface area contributed by atoms with Crippen molar-refractivity contribution < 1.29 is 19.1 Å². The molecule has 0 aromatic heterocycles.